The average Bonchev–Trinajstić information content (AvgIpc) is 3.04. The van der Waals surface area contributed by atoms with Gasteiger partial charge in [-0.2, -0.15) is 0 Å². The number of hydrogen-bond donors (Lipinski definition) is 3. The standard InChI is InChI=1S/C27H35N3O2/c1-18(2)16-30-17-22-13-21-15-29-27(22,25(30)24(21)12-19-6-4-3-5-7-19)26(32)28-14-20-8-10-23(31)11-9-20/h3-11,18,21-22,24-25,29,31H,12-17H2,1-2H3,(H,28,32). The highest BCUT2D eigenvalue weighted by molar-refractivity contribution is 5.89. The molecule has 5 nitrogen and oxygen atoms in total. The van der Waals surface area contributed by atoms with Gasteiger partial charge in [0.05, 0.1) is 0 Å². The van der Waals surface area contributed by atoms with Gasteiger partial charge >= 0.3 is 0 Å². The van der Waals surface area contributed by atoms with E-state index >= 15 is 0 Å². The highest BCUT2D eigenvalue weighted by atomic mass is 16.3. The summed E-state index contributed by atoms with van der Waals surface area (Å²) in [6, 6.07) is 18.1. The molecule has 5 atom stereocenters. The van der Waals surface area contributed by atoms with E-state index in [-0.39, 0.29) is 17.7 Å². The molecule has 1 aliphatic carbocycles. The Labute approximate surface area is 191 Å². The number of benzene rings is 2. The van der Waals surface area contributed by atoms with Gasteiger partial charge in [-0.25, -0.2) is 0 Å². The zero-order chi connectivity index (χ0) is 22.3. The van der Waals surface area contributed by atoms with Gasteiger partial charge in [0.1, 0.15) is 11.3 Å². The number of aromatic hydroxyl groups is 1. The molecule has 0 spiro atoms. The first kappa shape index (κ1) is 21.5. The topological polar surface area (TPSA) is 64.6 Å². The molecule has 5 heteroatoms. The molecule has 2 aromatic carbocycles. The van der Waals surface area contributed by atoms with Crippen LogP contribution < -0.4 is 10.6 Å². The molecule has 4 aliphatic rings. The molecule has 4 bridgehead atoms. The first-order valence-corrected chi connectivity index (χ1v) is 12.1. The van der Waals surface area contributed by atoms with Crippen molar-refractivity contribution < 1.29 is 9.90 Å². The number of rotatable bonds is 7. The van der Waals surface area contributed by atoms with Gasteiger partial charge < -0.3 is 15.7 Å². The summed E-state index contributed by atoms with van der Waals surface area (Å²) in [5.74, 6) is 2.42. The molecule has 0 radical (unpaired) electrons. The van der Waals surface area contributed by atoms with E-state index in [1.807, 2.05) is 12.1 Å². The van der Waals surface area contributed by atoms with Crippen molar-refractivity contribution in [2.75, 3.05) is 19.6 Å². The molecule has 2 aromatic rings. The lowest BCUT2D eigenvalue weighted by atomic mass is 9.58. The van der Waals surface area contributed by atoms with Crippen molar-refractivity contribution in [3.8, 4) is 5.75 Å². The van der Waals surface area contributed by atoms with E-state index in [1.54, 1.807) is 12.1 Å². The Morgan fingerprint density at radius 3 is 2.62 bits per heavy atom. The Balaban J connectivity index is 1.42. The maximum atomic E-state index is 13.9. The van der Waals surface area contributed by atoms with Crippen molar-refractivity contribution in [3.63, 3.8) is 0 Å². The smallest absolute Gasteiger partial charge is 0.242 e. The summed E-state index contributed by atoms with van der Waals surface area (Å²) in [7, 11) is 0. The molecule has 0 aromatic heterocycles. The van der Waals surface area contributed by atoms with Gasteiger partial charge in [-0.15, -0.1) is 0 Å². The highest BCUT2D eigenvalue weighted by Crippen LogP contribution is 2.53. The summed E-state index contributed by atoms with van der Waals surface area (Å²) >= 11 is 0. The third-order valence-electron chi connectivity index (χ3n) is 7.89. The minimum atomic E-state index is -0.514. The van der Waals surface area contributed by atoms with Crippen LogP contribution in [0.15, 0.2) is 54.6 Å². The lowest BCUT2D eigenvalue weighted by molar-refractivity contribution is -0.138. The van der Waals surface area contributed by atoms with Gasteiger partial charge in [0.2, 0.25) is 5.91 Å². The van der Waals surface area contributed by atoms with Crippen LogP contribution in [0.4, 0.5) is 0 Å². The van der Waals surface area contributed by atoms with Crippen LogP contribution in [0.5, 0.6) is 5.75 Å². The molecule has 4 fully saturated rings. The van der Waals surface area contributed by atoms with E-state index in [0.717, 1.165) is 38.0 Å². The van der Waals surface area contributed by atoms with Crippen LogP contribution in [-0.2, 0) is 17.8 Å². The van der Waals surface area contributed by atoms with Crippen LogP contribution >= 0.6 is 0 Å². The predicted molar refractivity (Wildman–Crippen MR) is 126 cm³/mol. The lowest BCUT2D eigenvalue weighted by Gasteiger charge is -2.56. The van der Waals surface area contributed by atoms with Crippen molar-refractivity contribution in [3.05, 3.63) is 65.7 Å². The van der Waals surface area contributed by atoms with E-state index in [4.69, 9.17) is 0 Å². The maximum Gasteiger partial charge on any atom is 0.242 e. The summed E-state index contributed by atoms with van der Waals surface area (Å²) in [5, 5.41) is 16.6. The molecule has 3 N–H and O–H groups in total. The quantitative estimate of drug-likeness (QED) is 0.628. The summed E-state index contributed by atoms with van der Waals surface area (Å²) in [4.78, 5) is 16.5. The van der Waals surface area contributed by atoms with Gasteiger partial charge in [-0.1, -0.05) is 56.3 Å². The van der Waals surface area contributed by atoms with Gasteiger partial charge in [0.25, 0.3) is 0 Å². The molecule has 170 valence electrons. The third kappa shape index (κ3) is 3.71. The summed E-state index contributed by atoms with van der Waals surface area (Å²) in [6.45, 7) is 8.00. The second-order valence-electron chi connectivity index (χ2n) is 10.4. The lowest BCUT2D eigenvalue weighted by Crippen LogP contribution is -2.76. The fraction of sp³-hybridized carbons (Fsp3) is 0.519. The normalized spacial score (nSPS) is 31.2. The molecule has 1 amide bonds. The molecule has 3 aliphatic heterocycles. The van der Waals surface area contributed by atoms with E-state index in [1.165, 1.54) is 5.56 Å². The average molecular weight is 434 g/mol. The number of likely N-dealkylation sites (tertiary alicyclic amines) is 1. The fourth-order valence-corrected chi connectivity index (χ4v) is 6.68. The van der Waals surface area contributed by atoms with Crippen LogP contribution in [0.3, 0.4) is 0 Å². The second-order valence-corrected chi connectivity index (χ2v) is 10.4. The minimum Gasteiger partial charge on any atom is -0.508 e. The largest absolute Gasteiger partial charge is 0.508 e. The molecule has 32 heavy (non-hydrogen) atoms. The molecule has 5 unspecified atom stereocenters. The molecule has 1 saturated carbocycles. The van der Waals surface area contributed by atoms with Gasteiger partial charge in [0.15, 0.2) is 0 Å². The predicted octanol–water partition coefficient (Wildman–Crippen LogP) is 3.19. The third-order valence-corrected chi connectivity index (χ3v) is 7.89. The zero-order valence-corrected chi connectivity index (χ0v) is 19.1. The summed E-state index contributed by atoms with van der Waals surface area (Å²) in [6.07, 6.45) is 2.16. The first-order chi connectivity index (χ1) is 15.5. The maximum absolute atomic E-state index is 13.9. The molecular weight excluding hydrogens is 398 g/mol. The van der Waals surface area contributed by atoms with E-state index in [0.29, 0.717) is 30.2 Å². The SMILES string of the molecule is CC(C)CN1CC2CC3CNC2(C(=O)NCc2ccc(O)cc2)C1C3Cc1ccccc1. The number of phenolic OH excluding ortho intramolecular Hbond substituents is 1. The highest BCUT2D eigenvalue weighted by Gasteiger charge is 2.67. The Morgan fingerprint density at radius 2 is 1.91 bits per heavy atom. The molecular formula is C27H35N3O2. The van der Waals surface area contributed by atoms with Crippen molar-refractivity contribution in [1.82, 2.24) is 15.5 Å². The van der Waals surface area contributed by atoms with E-state index < -0.39 is 5.54 Å². The second kappa shape index (κ2) is 8.53. The number of carbonyl (C=O) groups is 1. The molecule has 6 rings (SSSR count). The van der Waals surface area contributed by atoms with Crippen LogP contribution in [0.2, 0.25) is 0 Å². The number of nitrogens with zero attached hydrogens (tertiary/aromatic N) is 1. The number of amides is 1. The number of piperidine rings is 2. The number of hydrogen-bond acceptors (Lipinski definition) is 4. The van der Waals surface area contributed by atoms with Crippen molar-refractivity contribution >= 4 is 5.91 Å². The zero-order valence-electron chi connectivity index (χ0n) is 19.1. The van der Waals surface area contributed by atoms with Crippen molar-refractivity contribution in [1.29, 1.82) is 0 Å². The Bertz CT molecular complexity index is 945. The van der Waals surface area contributed by atoms with Crippen molar-refractivity contribution in [2.45, 2.75) is 44.8 Å². The first-order valence-electron chi connectivity index (χ1n) is 12.1. The van der Waals surface area contributed by atoms with Crippen molar-refractivity contribution in [2.24, 2.45) is 23.7 Å². The number of nitrogens with one attached hydrogen (secondary N) is 2. The van der Waals surface area contributed by atoms with Gasteiger partial charge in [0, 0.05) is 31.6 Å². The Morgan fingerprint density at radius 1 is 1.16 bits per heavy atom. The van der Waals surface area contributed by atoms with Crippen LogP contribution in [0.1, 0.15) is 31.4 Å². The Kier molecular flexibility index (Phi) is 5.72. The van der Waals surface area contributed by atoms with E-state index in [9.17, 15) is 9.90 Å². The van der Waals surface area contributed by atoms with E-state index in [2.05, 4.69) is 59.7 Å². The molecule has 3 saturated heterocycles. The van der Waals surface area contributed by atoms with Gasteiger partial charge in [-0.3, -0.25) is 9.69 Å². The van der Waals surface area contributed by atoms with Crippen LogP contribution in [-0.4, -0.2) is 47.1 Å². The van der Waals surface area contributed by atoms with Crippen LogP contribution in [0, 0.1) is 23.7 Å². The fourth-order valence-electron chi connectivity index (χ4n) is 6.68. The Hall–Kier alpha value is -2.37. The summed E-state index contributed by atoms with van der Waals surface area (Å²) < 4.78 is 0. The monoisotopic (exact) mass is 433 g/mol. The minimum absolute atomic E-state index is 0.142. The molecule has 3 heterocycles. The van der Waals surface area contributed by atoms with Crippen LogP contribution in [0.25, 0.3) is 0 Å². The van der Waals surface area contributed by atoms with Gasteiger partial charge in [-0.05, 0) is 60.4 Å². The summed E-state index contributed by atoms with van der Waals surface area (Å²) in [5.41, 5.74) is 1.86. The number of fused-ring (bicyclic) bond motifs is 1. The number of phenols is 1. The number of carbonyl (C=O) groups excluding carboxylic acids is 1.